The fourth-order valence-corrected chi connectivity index (χ4v) is 4.42. The molecule has 0 aliphatic carbocycles. The highest BCUT2D eigenvalue weighted by Gasteiger charge is 2.44. The average Bonchev–Trinajstić information content (AvgIpc) is 2.97. The fraction of sp³-hybridized carbons (Fsp3) is 0.909. The minimum atomic E-state index is -3.68. The summed E-state index contributed by atoms with van der Waals surface area (Å²) in [4.78, 5) is 11.8. The Kier molecular flexibility index (Phi) is 4.44. The van der Waals surface area contributed by atoms with Crippen molar-refractivity contribution in [2.45, 2.75) is 38.3 Å². The molecule has 0 aromatic heterocycles. The van der Waals surface area contributed by atoms with Gasteiger partial charge in [-0.3, -0.25) is 4.79 Å². The monoisotopic (exact) mass is 292 g/mol. The molecular formula is C11H20N2O5S. The summed E-state index contributed by atoms with van der Waals surface area (Å²) in [6.07, 6.45) is 0.975. The molecule has 0 amide bonds. The van der Waals surface area contributed by atoms with Gasteiger partial charge in [0, 0.05) is 19.6 Å². The lowest BCUT2D eigenvalue weighted by Crippen LogP contribution is -2.48. The maximum Gasteiger partial charge on any atom is 0.324 e. The number of esters is 1. The van der Waals surface area contributed by atoms with Crippen molar-refractivity contribution in [3.8, 4) is 0 Å². The maximum atomic E-state index is 12.4. The molecule has 0 radical (unpaired) electrons. The summed E-state index contributed by atoms with van der Waals surface area (Å²) >= 11 is 0. The van der Waals surface area contributed by atoms with Crippen molar-refractivity contribution >= 4 is 16.2 Å². The summed E-state index contributed by atoms with van der Waals surface area (Å²) in [5, 5.41) is 9.45. The second-order valence-electron chi connectivity index (χ2n) is 4.83. The highest BCUT2D eigenvalue weighted by atomic mass is 32.2. The van der Waals surface area contributed by atoms with Gasteiger partial charge in [-0.1, -0.05) is 0 Å². The predicted octanol–water partition coefficient (Wildman–Crippen LogP) is -0.675. The first kappa shape index (κ1) is 14.7. The molecule has 0 saturated carbocycles. The molecule has 2 aliphatic rings. The molecule has 110 valence electrons. The largest absolute Gasteiger partial charge is 0.465 e. The summed E-state index contributed by atoms with van der Waals surface area (Å²) in [6, 6.07) is -0.720. The van der Waals surface area contributed by atoms with E-state index in [4.69, 9.17) is 4.74 Å². The Bertz CT molecular complexity index is 438. The van der Waals surface area contributed by atoms with E-state index in [0.717, 1.165) is 0 Å². The minimum absolute atomic E-state index is 0.106. The third-order valence-corrected chi connectivity index (χ3v) is 5.53. The van der Waals surface area contributed by atoms with E-state index in [2.05, 4.69) is 0 Å². The molecule has 0 aromatic carbocycles. The van der Waals surface area contributed by atoms with Crippen LogP contribution in [0.1, 0.15) is 26.2 Å². The van der Waals surface area contributed by atoms with E-state index in [-0.39, 0.29) is 13.2 Å². The molecule has 2 saturated heterocycles. The molecule has 2 aliphatic heterocycles. The van der Waals surface area contributed by atoms with E-state index in [0.29, 0.717) is 32.4 Å². The van der Waals surface area contributed by atoms with Gasteiger partial charge in [0.25, 0.3) is 10.2 Å². The lowest BCUT2D eigenvalue weighted by atomic mass is 10.2. The number of hydrogen-bond donors (Lipinski definition) is 1. The molecule has 2 atom stereocenters. The Labute approximate surface area is 113 Å². The van der Waals surface area contributed by atoms with Crippen LogP contribution in [-0.4, -0.2) is 66.5 Å². The zero-order valence-electron chi connectivity index (χ0n) is 11.0. The quantitative estimate of drug-likeness (QED) is 0.694. The van der Waals surface area contributed by atoms with Crippen LogP contribution in [-0.2, 0) is 19.7 Å². The van der Waals surface area contributed by atoms with E-state index in [1.807, 2.05) is 0 Å². The molecule has 19 heavy (non-hydrogen) atoms. The first-order valence-corrected chi connectivity index (χ1v) is 7.98. The van der Waals surface area contributed by atoms with Crippen LogP contribution < -0.4 is 0 Å². The van der Waals surface area contributed by atoms with Crippen molar-refractivity contribution in [2.75, 3.05) is 26.2 Å². The third-order valence-electron chi connectivity index (χ3n) is 3.51. The number of hydrogen-bond acceptors (Lipinski definition) is 5. The molecule has 2 fully saturated rings. The predicted molar refractivity (Wildman–Crippen MR) is 67.5 cm³/mol. The number of aliphatic hydroxyl groups excluding tert-OH is 1. The van der Waals surface area contributed by atoms with Crippen LogP contribution in [0.4, 0.5) is 0 Å². The van der Waals surface area contributed by atoms with Gasteiger partial charge in [0.2, 0.25) is 0 Å². The van der Waals surface area contributed by atoms with Crippen LogP contribution in [0.2, 0.25) is 0 Å². The Morgan fingerprint density at radius 1 is 1.37 bits per heavy atom. The van der Waals surface area contributed by atoms with E-state index >= 15 is 0 Å². The molecule has 8 heteroatoms. The second kappa shape index (κ2) is 5.74. The first-order chi connectivity index (χ1) is 8.96. The topological polar surface area (TPSA) is 87.2 Å². The van der Waals surface area contributed by atoms with Crippen LogP contribution in [0.3, 0.4) is 0 Å². The fourth-order valence-electron chi connectivity index (χ4n) is 2.56. The van der Waals surface area contributed by atoms with Gasteiger partial charge in [-0.25, -0.2) is 0 Å². The Morgan fingerprint density at radius 3 is 2.68 bits per heavy atom. The number of carbonyl (C=O) groups is 1. The zero-order valence-corrected chi connectivity index (χ0v) is 11.8. The van der Waals surface area contributed by atoms with Gasteiger partial charge >= 0.3 is 5.97 Å². The lowest BCUT2D eigenvalue weighted by molar-refractivity contribution is -0.146. The standard InChI is InChI=1S/C11H20N2O5S/c1-2-18-11(15)10-4-3-6-13(10)19(16,17)12-7-5-9(14)8-12/h9-10,14H,2-8H2,1H3/t9-,10?/m0/s1. The van der Waals surface area contributed by atoms with Gasteiger partial charge in [-0.2, -0.15) is 17.0 Å². The highest BCUT2D eigenvalue weighted by molar-refractivity contribution is 7.86. The number of ether oxygens (including phenoxy) is 1. The lowest BCUT2D eigenvalue weighted by Gasteiger charge is -2.27. The average molecular weight is 292 g/mol. The molecule has 0 spiro atoms. The van der Waals surface area contributed by atoms with Gasteiger partial charge in [0.15, 0.2) is 0 Å². The van der Waals surface area contributed by atoms with Crippen molar-refractivity contribution in [1.82, 2.24) is 8.61 Å². The van der Waals surface area contributed by atoms with E-state index in [1.54, 1.807) is 6.92 Å². The molecule has 2 heterocycles. The number of β-amino-alcohol motifs (C(OH)–C–C–N with tert-alkyl or cyclic N) is 1. The minimum Gasteiger partial charge on any atom is -0.465 e. The van der Waals surface area contributed by atoms with Gasteiger partial charge in [-0.15, -0.1) is 0 Å². The van der Waals surface area contributed by atoms with Crippen LogP contribution in [0.15, 0.2) is 0 Å². The van der Waals surface area contributed by atoms with Crippen molar-refractivity contribution in [3.05, 3.63) is 0 Å². The van der Waals surface area contributed by atoms with E-state index in [9.17, 15) is 18.3 Å². The molecule has 2 rings (SSSR count). The first-order valence-electron chi connectivity index (χ1n) is 6.58. The van der Waals surface area contributed by atoms with Crippen LogP contribution >= 0.6 is 0 Å². The maximum absolute atomic E-state index is 12.4. The van der Waals surface area contributed by atoms with Crippen molar-refractivity contribution < 1.29 is 23.1 Å². The molecular weight excluding hydrogens is 272 g/mol. The van der Waals surface area contributed by atoms with Crippen LogP contribution in [0.25, 0.3) is 0 Å². The molecule has 0 aromatic rings. The summed E-state index contributed by atoms with van der Waals surface area (Å²) < 4.78 is 32.2. The number of carbonyl (C=O) groups excluding carboxylic acids is 1. The Balaban J connectivity index is 2.12. The Morgan fingerprint density at radius 2 is 2.11 bits per heavy atom. The van der Waals surface area contributed by atoms with Crippen molar-refractivity contribution in [1.29, 1.82) is 0 Å². The number of rotatable bonds is 4. The number of aliphatic hydroxyl groups is 1. The summed E-state index contributed by atoms with van der Waals surface area (Å²) in [7, 11) is -3.68. The summed E-state index contributed by atoms with van der Waals surface area (Å²) in [6.45, 7) is 2.68. The van der Waals surface area contributed by atoms with Gasteiger partial charge < -0.3 is 9.84 Å². The Hall–Kier alpha value is -0.700. The van der Waals surface area contributed by atoms with Gasteiger partial charge in [0.1, 0.15) is 6.04 Å². The normalized spacial score (nSPS) is 29.8. The molecule has 7 nitrogen and oxygen atoms in total. The molecule has 0 bridgehead atoms. The van der Waals surface area contributed by atoms with E-state index in [1.165, 1.54) is 8.61 Å². The summed E-state index contributed by atoms with van der Waals surface area (Å²) in [5.41, 5.74) is 0. The molecule has 1 N–H and O–H groups in total. The van der Waals surface area contributed by atoms with Gasteiger partial charge in [-0.05, 0) is 26.2 Å². The zero-order chi connectivity index (χ0) is 14.0. The second-order valence-corrected chi connectivity index (χ2v) is 6.71. The van der Waals surface area contributed by atoms with Crippen molar-refractivity contribution in [2.24, 2.45) is 0 Å². The third kappa shape index (κ3) is 2.91. The smallest absolute Gasteiger partial charge is 0.324 e. The SMILES string of the molecule is CCOC(=O)C1CCCN1S(=O)(=O)N1CC[C@H](O)C1. The van der Waals surface area contributed by atoms with E-state index < -0.39 is 28.3 Å². The van der Waals surface area contributed by atoms with Crippen LogP contribution in [0.5, 0.6) is 0 Å². The van der Waals surface area contributed by atoms with Gasteiger partial charge in [0.05, 0.1) is 12.7 Å². The molecule has 1 unspecified atom stereocenters. The highest BCUT2D eigenvalue weighted by Crippen LogP contribution is 2.26. The van der Waals surface area contributed by atoms with Crippen LogP contribution in [0, 0.1) is 0 Å². The number of nitrogens with zero attached hydrogens (tertiary/aromatic N) is 2. The van der Waals surface area contributed by atoms with Crippen molar-refractivity contribution in [3.63, 3.8) is 0 Å². The summed E-state index contributed by atoms with van der Waals surface area (Å²) in [5.74, 6) is -0.483.